The number of aryl methyl sites for hydroxylation is 1. The van der Waals surface area contributed by atoms with E-state index >= 15 is 0 Å². The lowest BCUT2D eigenvalue weighted by Gasteiger charge is -2.40. The van der Waals surface area contributed by atoms with Crippen molar-refractivity contribution in [2.45, 2.75) is 38.8 Å². The zero-order valence-electron chi connectivity index (χ0n) is 12.4. The topological polar surface area (TPSA) is 38.5 Å². The zero-order valence-corrected chi connectivity index (χ0v) is 12.4. The van der Waals surface area contributed by atoms with Crippen LogP contribution in [0.5, 0.6) is 0 Å². The summed E-state index contributed by atoms with van der Waals surface area (Å²) < 4.78 is 5.24. The average Bonchev–Trinajstić information content (AvgIpc) is 2.40. The molecule has 1 fully saturated rings. The van der Waals surface area contributed by atoms with Crippen LogP contribution in [-0.2, 0) is 4.74 Å². The van der Waals surface area contributed by atoms with Crippen molar-refractivity contribution < 1.29 is 4.74 Å². The van der Waals surface area contributed by atoms with Crippen LogP contribution in [0.15, 0.2) is 18.2 Å². The van der Waals surface area contributed by atoms with Crippen LogP contribution in [-0.4, -0.2) is 37.7 Å². The van der Waals surface area contributed by atoms with E-state index in [2.05, 4.69) is 36.9 Å². The second-order valence-electron chi connectivity index (χ2n) is 5.57. The zero-order chi connectivity index (χ0) is 13.8. The number of likely N-dealkylation sites (tertiary alicyclic amines) is 1. The first-order valence-corrected chi connectivity index (χ1v) is 7.20. The molecule has 0 radical (unpaired) electrons. The van der Waals surface area contributed by atoms with Crippen LogP contribution in [0.1, 0.15) is 35.6 Å². The van der Waals surface area contributed by atoms with Crippen LogP contribution in [0.4, 0.5) is 0 Å². The lowest BCUT2D eigenvalue weighted by Crippen LogP contribution is -2.47. The summed E-state index contributed by atoms with van der Waals surface area (Å²) in [4.78, 5) is 2.49. The van der Waals surface area contributed by atoms with Crippen LogP contribution in [0.3, 0.4) is 0 Å². The third kappa shape index (κ3) is 3.16. The summed E-state index contributed by atoms with van der Waals surface area (Å²) in [5.41, 5.74) is 10.5. The first-order valence-electron chi connectivity index (χ1n) is 7.20. The number of hydrogen-bond acceptors (Lipinski definition) is 3. The third-order valence-corrected chi connectivity index (χ3v) is 4.33. The van der Waals surface area contributed by atoms with E-state index in [0.29, 0.717) is 6.04 Å². The van der Waals surface area contributed by atoms with E-state index in [1.807, 2.05) is 0 Å². The van der Waals surface area contributed by atoms with E-state index in [1.54, 1.807) is 7.11 Å². The fraction of sp³-hybridized carbons (Fsp3) is 0.625. The second-order valence-corrected chi connectivity index (χ2v) is 5.57. The molecule has 1 aromatic rings. The number of nitrogens with two attached hydrogens (primary N) is 1. The van der Waals surface area contributed by atoms with Gasteiger partial charge in [-0.1, -0.05) is 18.2 Å². The summed E-state index contributed by atoms with van der Waals surface area (Å²) in [5.74, 6) is 0. The lowest BCUT2D eigenvalue weighted by molar-refractivity contribution is 0.0845. The fourth-order valence-corrected chi connectivity index (χ4v) is 3.08. The molecule has 1 heterocycles. The molecule has 1 aromatic carbocycles. The van der Waals surface area contributed by atoms with Gasteiger partial charge in [0.2, 0.25) is 0 Å². The van der Waals surface area contributed by atoms with Gasteiger partial charge in [-0.15, -0.1) is 0 Å². The molecule has 2 rings (SSSR count). The quantitative estimate of drug-likeness (QED) is 0.905. The van der Waals surface area contributed by atoms with Crippen molar-refractivity contribution >= 4 is 0 Å². The van der Waals surface area contributed by atoms with Crippen molar-refractivity contribution in [3.05, 3.63) is 34.9 Å². The summed E-state index contributed by atoms with van der Waals surface area (Å²) in [7, 11) is 1.76. The Balaban J connectivity index is 2.28. The van der Waals surface area contributed by atoms with Gasteiger partial charge in [-0.3, -0.25) is 4.90 Å². The molecule has 106 valence electrons. The average molecular weight is 262 g/mol. The van der Waals surface area contributed by atoms with Crippen molar-refractivity contribution in [2.24, 2.45) is 5.73 Å². The van der Waals surface area contributed by atoms with Crippen LogP contribution in [0.25, 0.3) is 0 Å². The highest BCUT2D eigenvalue weighted by Crippen LogP contribution is 2.32. The number of benzene rings is 1. The Morgan fingerprint density at radius 3 is 2.89 bits per heavy atom. The molecule has 0 spiro atoms. The Morgan fingerprint density at radius 2 is 2.16 bits per heavy atom. The SMILES string of the molecule is COCCN1CCCC(N)C1c1cccc(C)c1C. The number of hydrogen-bond donors (Lipinski definition) is 1. The maximum Gasteiger partial charge on any atom is 0.0589 e. The molecule has 1 aliphatic heterocycles. The minimum atomic E-state index is 0.228. The van der Waals surface area contributed by atoms with E-state index in [0.717, 1.165) is 26.1 Å². The molecule has 0 saturated carbocycles. The Kier molecular flexibility index (Phi) is 4.97. The lowest BCUT2D eigenvalue weighted by atomic mass is 9.87. The molecule has 3 nitrogen and oxygen atoms in total. The van der Waals surface area contributed by atoms with Crippen LogP contribution >= 0.6 is 0 Å². The highest BCUT2D eigenvalue weighted by atomic mass is 16.5. The molecule has 0 bridgehead atoms. The highest BCUT2D eigenvalue weighted by molar-refractivity contribution is 5.36. The number of piperidine rings is 1. The van der Waals surface area contributed by atoms with Gasteiger partial charge in [-0.05, 0) is 49.9 Å². The number of rotatable bonds is 4. The maximum absolute atomic E-state index is 6.41. The van der Waals surface area contributed by atoms with E-state index in [4.69, 9.17) is 10.5 Å². The molecule has 3 heteroatoms. The van der Waals surface area contributed by atoms with Crippen molar-refractivity contribution in [1.29, 1.82) is 0 Å². The minimum absolute atomic E-state index is 0.228. The highest BCUT2D eigenvalue weighted by Gasteiger charge is 2.31. The largest absolute Gasteiger partial charge is 0.383 e. The summed E-state index contributed by atoms with van der Waals surface area (Å²) in [6, 6.07) is 7.12. The molecular formula is C16H26N2O. The van der Waals surface area contributed by atoms with Crippen LogP contribution in [0, 0.1) is 13.8 Å². The first kappa shape index (κ1) is 14.5. The number of nitrogens with zero attached hydrogens (tertiary/aromatic N) is 1. The number of ether oxygens (including phenoxy) is 1. The predicted octanol–water partition coefficient (Wildman–Crippen LogP) is 2.41. The van der Waals surface area contributed by atoms with Crippen molar-refractivity contribution in [1.82, 2.24) is 4.90 Å². The van der Waals surface area contributed by atoms with Gasteiger partial charge in [-0.25, -0.2) is 0 Å². The van der Waals surface area contributed by atoms with Gasteiger partial charge in [0.1, 0.15) is 0 Å². The molecule has 19 heavy (non-hydrogen) atoms. The molecular weight excluding hydrogens is 236 g/mol. The smallest absolute Gasteiger partial charge is 0.0589 e. The summed E-state index contributed by atoms with van der Waals surface area (Å²) >= 11 is 0. The Hall–Kier alpha value is -0.900. The second kappa shape index (κ2) is 6.51. The van der Waals surface area contributed by atoms with E-state index in [9.17, 15) is 0 Å². The molecule has 0 aliphatic carbocycles. The van der Waals surface area contributed by atoms with Crippen molar-refractivity contribution in [2.75, 3.05) is 26.8 Å². The van der Waals surface area contributed by atoms with Gasteiger partial charge in [0.25, 0.3) is 0 Å². The Morgan fingerprint density at radius 1 is 1.37 bits per heavy atom. The molecule has 2 atom stereocenters. The van der Waals surface area contributed by atoms with Crippen molar-refractivity contribution in [3.63, 3.8) is 0 Å². The van der Waals surface area contributed by atoms with Gasteiger partial charge in [-0.2, -0.15) is 0 Å². The standard InChI is InChI=1S/C16H26N2O/c1-12-6-4-7-14(13(12)2)16-15(17)8-5-9-18(16)10-11-19-3/h4,6-7,15-16H,5,8-11,17H2,1-3H3. The molecule has 1 aliphatic rings. The van der Waals surface area contributed by atoms with Crippen LogP contribution in [0.2, 0.25) is 0 Å². The normalized spacial score (nSPS) is 24.6. The molecule has 0 amide bonds. The van der Waals surface area contributed by atoms with Gasteiger partial charge in [0.15, 0.2) is 0 Å². The minimum Gasteiger partial charge on any atom is -0.383 e. The number of methoxy groups -OCH3 is 1. The van der Waals surface area contributed by atoms with Gasteiger partial charge in [0.05, 0.1) is 12.6 Å². The summed E-state index contributed by atoms with van der Waals surface area (Å²) in [6.45, 7) is 7.23. The van der Waals surface area contributed by atoms with Gasteiger partial charge in [0, 0.05) is 19.7 Å². The molecule has 1 saturated heterocycles. The fourth-order valence-electron chi connectivity index (χ4n) is 3.08. The molecule has 2 N–H and O–H groups in total. The first-order chi connectivity index (χ1) is 9.15. The third-order valence-electron chi connectivity index (χ3n) is 4.33. The van der Waals surface area contributed by atoms with E-state index < -0.39 is 0 Å². The Bertz CT molecular complexity index is 419. The Labute approximate surface area is 116 Å². The van der Waals surface area contributed by atoms with Gasteiger partial charge >= 0.3 is 0 Å². The molecule has 0 aromatic heterocycles. The predicted molar refractivity (Wildman–Crippen MR) is 79.3 cm³/mol. The van der Waals surface area contributed by atoms with Gasteiger partial charge < -0.3 is 10.5 Å². The van der Waals surface area contributed by atoms with Crippen LogP contribution < -0.4 is 5.73 Å². The van der Waals surface area contributed by atoms with Crippen molar-refractivity contribution in [3.8, 4) is 0 Å². The van der Waals surface area contributed by atoms with E-state index in [-0.39, 0.29) is 6.04 Å². The monoisotopic (exact) mass is 262 g/mol. The summed E-state index contributed by atoms with van der Waals surface area (Å²) in [5, 5.41) is 0. The van der Waals surface area contributed by atoms with E-state index in [1.165, 1.54) is 23.1 Å². The maximum atomic E-state index is 6.41. The molecule has 2 unspecified atom stereocenters. The summed E-state index contributed by atoms with van der Waals surface area (Å²) in [6.07, 6.45) is 2.30.